The molecule has 2 N–H and O–H groups in total. The minimum Gasteiger partial charge on any atom is -0.379 e. The highest BCUT2D eigenvalue weighted by Crippen LogP contribution is 2.24. The van der Waals surface area contributed by atoms with Gasteiger partial charge in [-0.2, -0.15) is 0 Å². The predicted octanol–water partition coefficient (Wildman–Crippen LogP) is 1.95. The molecule has 0 bridgehead atoms. The number of nitrogens with one attached hydrogen (secondary N) is 2. The molecule has 1 fully saturated rings. The van der Waals surface area contributed by atoms with Crippen LogP contribution in [-0.4, -0.2) is 72.3 Å². The van der Waals surface area contributed by atoms with Crippen LogP contribution in [0.25, 0.3) is 0 Å². The lowest BCUT2D eigenvalue weighted by molar-refractivity contribution is 0.154. The Morgan fingerprint density at radius 2 is 2.14 bits per heavy atom. The van der Waals surface area contributed by atoms with Gasteiger partial charge in [-0.3, -0.25) is 4.99 Å². The number of nitrogens with zero attached hydrogens (tertiary/aromatic N) is 2. The topological polar surface area (TPSA) is 83.0 Å². The quantitative estimate of drug-likeness (QED) is 0.226. The Labute approximate surface area is 190 Å². The molecular formula is C19H32FIN4O3S. The summed E-state index contributed by atoms with van der Waals surface area (Å²) in [5.74, 6) is 0.506. The van der Waals surface area contributed by atoms with Crippen LogP contribution in [-0.2, 0) is 14.6 Å². The van der Waals surface area contributed by atoms with Crippen LogP contribution in [0.15, 0.2) is 23.2 Å². The fourth-order valence-corrected chi connectivity index (χ4v) is 3.65. The van der Waals surface area contributed by atoms with Gasteiger partial charge in [0.05, 0.1) is 19.0 Å². The van der Waals surface area contributed by atoms with Crippen molar-refractivity contribution in [3.05, 3.63) is 29.6 Å². The molecule has 166 valence electrons. The number of ether oxygens (including phenoxy) is 1. The zero-order chi connectivity index (χ0) is 20.6. The first-order chi connectivity index (χ1) is 13.3. The Bertz CT molecular complexity index is 777. The highest BCUT2D eigenvalue weighted by atomic mass is 127. The Morgan fingerprint density at radius 3 is 2.79 bits per heavy atom. The van der Waals surface area contributed by atoms with Crippen LogP contribution < -0.4 is 15.5 Å². The van der Waals surface area contributed by atoms with Gasteiger partial charge in [0.2, 0.25) is 0 Å². The summed E-state index contributed by atoms with van der Waals surface area (Å²) in [6.07, 6.45) is 3.27. The fraction of sp³-hybridized carbons (Fsp3) is 0.632. The Balaban J connectivity index is 0.00000420. The smallest absolute Gasteiger partial charge is 0.191 e. The summed E-state index contributed by atoms with van der Waals surface area (Å²) < 4.78 is 40.8. The van der Waals surface area contributed by atoms with Crippen LogP contribution >= 0.6 is 24.0 Å². The number of anilines is 1. The Kier molecular flexibility index (Phi) is 11.2. The molecule has 0 radical (unpaired) electrons. The van der Waals surface area contributed by atoms with Crippen molar-refractivity contribution in [1.82, 2.24) is 10.6 Å². The van der Waals surface area contributed by atoms with Crippen molar-refractivity contribution in [2.24, 2.45) is 4.99 Å². The first-order valence-corrected chi connectivity index (χ1v) is 11.6. The third-order valence-electron chi connectivity index (χ3n) is 4.62. The number of hydrogen-bond acceptors (Lipinski definition) is 5. The summed E-state index contributed by atoms with van der Waals surface area (Å²) in [6, 6.07) is 5.14. The van der Waals surface area contributed by atoms with E-state index >= 15 is 0 Å². The molecule has 1 aromatic rings. The van der Waals surface area contributed by atoms with Gasteiger partial charge in [-0.05, 0) is 43.5 Å². The van der Waals surface area contributed by atoms with E-state index in [4.69, 9.17) is 4.74 Å². The van der Waals surface area contributed by atoms with Gasteiger partial charge in [-0.15, -0.1) is 24.0 Å². The number of piperidine rings is 1. The van der Waals surface area contributed by atoms with Crippen molar-refractivity contribution in [2.45, 2.75) is 25.8 Å². The number of benzene rings is 1. The van der Waals surface area contributed by atoms with Crippen molar-refractivity contribution in [3.8, 4) is 0 Å². The lowest BCUT2D eigenvalue weighted by Gasteiger charge is -2.36. The SMILES string of the molecule is CN=C(NCCOCCS(C)(=O)=O)NC1CCCN(c2ccc(F)cc2C)C1.I. The van der Waals surface area contributed by atoms with Gasteiger partial charge in [0.15, 0.2) is 5.96 Å². The van der Waals surface area contributed by atoms with E-state index in [2.05, 4.69) is 20.5 Å². The van der Waals surface area contributed by atoms with Crippen molar-refractivity contribution in [2.75, 3.05) is 56.8 Å². The normalized spacial score (nSPS) is 17.6. The van der Waals surface area contributed by atoms with E-state index in [1.165, 1.54) is 12.3 Å². The maximum atomic E-state index is 13.4. The number of aliphatic imine (C=N–C) groups is 1. The summed E-state index contributed by atoms with van der Waals surface area (Å²) in [7, 11) is -1.28. The highest BCUT2D eigenvalue weighted by Gasteiger charge is 2.22. The zero-order valence-electron chi connectivity index (χ0n) is 17.3. The Morgan fingerprint density at radius 1 is 1.38 bits per heavy atom. The second-order valence-electron chi connectivity index (χ2n) is 7.10. The van der Waals surface area contributed by atoms with Crippen LogP contribution in [0.4, 0.5) is 10.1 Å². The molecule has 0 aromatic heterocycles. The standard InChI is InChI=1S/C19H31FN4O3S.HI/c1-15-13-16(20)6-7-18(15)24-9-4-5-17(14-24)23-19(21-2)22-8-10-27-11-12-28(3,25)26;/h6-7,13,17H,4-5,8-12,14H2,1-3H3,(H2,21,22,23);1H. The van der Waals surface area contributed by atoms with Gasteiger partial charge in [-0.1, -0.05) is 0 Å². The first kappa shape index (κ1) is 25.9. The average molecular weight is 542 g/mol. The van der Waals surface area contributed by atoms with Crippen LogP contribution in [0.5, 0.6) is 0 Å². The summed E-state index contributed by atoms with van der Waals surface area (Å²) in [5.41, 5.74) is 2.00. The van der Waals surface area contributed by atoms with Gasteiger partial charge >= 0.3 is 0 Å². The van der Waals surface area contributed by atoms with E-state index in [1.54, 1.807) is 13.1 Å². The molecule has 1 aliphatic rings. The van der Waals surface area contributed by atoms with Gasteiger partial charge in [0.25, 0.3) is 0 Å². The molecule has 1 atom stereocenters. The Hall–Kier alpha value is -1.14. The maximum absolute atomic E-state index is 13.4. The predicted molar refractivity (Wildman–Crippen MR) is 127 cm³/mol. The summed E-state index contributed by atoms with van der Waals surface area (Å²) in [4.78, 5) is 6.52. The molecule has 1 unspecified atom stereocenters. The van der Waals surface area contributed by atoms with Gasteiger partial charge in [0, 0.05) is 44.7 Å². The third kappa shape index (κ3) is 9.47. The van der Waals surface area contributed by atoms with E-state index in [-0.39, 0.29) is 48.2 Å². The van der Waals surface area contributed by atoms with E-state index in [9.17, 15) is 12.8 Å². The zero-order valence-corrected chi connectivity index (χ0v) is 20.4. The second-order valence-corrected chi connectivity index (χ2v) is 9.36. The minimum atomic E-state index is -2.99. The largest absolute Gasteiger partial charge is 0.379 e. The van der Waals surface area contributed by atoms with Gasteiger partial charge < -0.3 is 20.3 Å². The number of sulfone groups is 1. The number of hydrogen-bond donors (Lipinski definition) is 2. The summed E-state index contributed by atoms with van der Waals surface area (Å²) in [5, 5.41) is 6.61. The molecule has 1 saturated heterocycles. The molecular weight excluding hydrogens is 510 g/mol. The molecule has 29 heavy (non-hydrogen) atoms. The molecule has 1 aromatic carbocycles. The summed E-state index contributed by atoms with van der Waals surface area (Å²) in [6.45, 7) is 4.84. The molecule has 0 saturated carbocycles. The van der Waals surface area contributed by atoms with Gasteiger partial charge in [0.1, 0.15) is 15.7 Å². The molecule has 7 nitrogen and oxygen atoms in total. The lowest BCUT2D eigenvalue weighted by Crippen LogP contribution is -2.51. The molecule has 0 aliphatic carbocycles. The van der Waals surface area contributed by atoms with Gasteiger partial charge in [-0.25, -0.2) is 12.8 Å². The van der Waals surface area contributed by atoms with E-state index in [1.807, 2.05) is 13.0 Å². The van der Waals surface area contributed by atoms with Crippen LogP contribution in [0, 0.1) is 12.7 Å². The highest BCUT2D eigenvalue weighted by molar-refractivity contribution is 14.0. The minimum absolute atomic E-state index is 0. The number of guanidine groups is 1. The molecule has 10 heteroatoms. The van der Waals surface area contributed by atoms with E-state index < -0.39 is 9.84 Å². The average Bonchev–Trinajstić information content (AvgIpc) is 2.63. The first-order valence-electron chi connectivity index (χ1n) is 9.52. The van der Waals surface area contributed by atoms with Crippen molar-refractivity contribution in [1.29, 1.82) is 0 Å². The van der Waals surface area contributed by atoms with Crippen molar-refractivity contribution >= 4 is 45.5 Å². The molecule has 1 heterocycles. The van der Waals surface area contributed by atoms with Crippen LogP contribution in [0.1, 0.15) is 18.4 Å². The monoisotopic (exact) mass is 542 g/mol. The number of rotatable bonds is 8. The molecule has 2 rings (SSSR count). The number of aryl methyl sites for hydroxylation is 1. The van der Waals surface area contributed by atoms with E-state index in [0.29, 0.717) is 19.1 Å². The molecule has 0 amide bonds. The second kappa shape index (κ2) is 12.5. The van der Waals surface area contributed by atoms with Crippen molar-refractivity contribution in [3.63, 3.8) is 0 Å². The van der Waals surface area contributed by atoms with Crippen molar-refractivity contribution < 1.29 is 17.5 Å². The summed E-state index contributed by atoms with van der Waals surface area (Å²) >= 11 is 0. The van der Waals surface area contributed by atoms with Crippen LogP contribution in [0.3, 0.4) is 0 Å². The fourth-order valence-electron chi connectivity index (χ4n) is 3.23. The molecule has 0 spiro atoms. The maximum Gasteiger partial charge on any atom is 0.191 e. The lowest BCUT2D eigenvalue weighted by atomic mass is 10.0. The number of halogens is 2. The van der Waals surface area contributed by atoms with Crippen LogP contribution in [0.2, 0.25) is 0 Å². The molecule has 1 aliphatic heterocycles. The van der Waals surface area contributed by atoms with E-state index in [0.717, 1.165) is 37.2 Å². The third-order valence-corrected chi connectivity index (χ3v) is 5.53.